The summed E-state index contributed by atoms with van der Waals surface area (Å²) in [6, 6.07) is 6.19. The minimum Gasteiger partial charge on any atom is -0.493 e. The summed E-state index contributed by atoms with van der Waals surface area (Å²) >= 11 is 0. The van der Waals surface area contributed by atoms with E-state index >= 15 is 0 Å². The summed E-state index contributed by atoms with van der Waals surface area (Å²) in [6.07, 6.45) is 1.10. The molecule has 1 heterocycles. The van der Waals surface area contributed by atoms with Crippen LogP contribution in [0.15, 0.2) is 18.2 Å². The fourth-order valence-corrected chi connectivity index (χ4v) is 2.08. The Kier molecular flexibility index (Phi) is 4.02. The van der Waals surface area contributed by atoms with E-state index in [-0.39, 0.29) is 6.04 Å². The van der Waals surface area contributed by atoms with E-state index in [0.29, 0.717) is 5.92 Å². The van der Waals surface area contributed by atoms with Crippen LogP contribution in [0.3, 0.4) is 0 Å². The third-order valence-electron chi connectivity index (χ3n) is 3.15. The van der Waals surface area contributed by atoms with Crippen molar-refractivity contribution in [2.24, 2.45) is 11.7 Å². The van der Waals surface area contributed by atoms with Gasteiger partial charge in [0.05, 0.1) is 13.2 Å². The molecule has 1 aromatic rings. The highest BCUT2D eigenvalue weighted by Gasteiger charge is 2.17. The van der Waals surface area contributed by atoms with Crippen LogP contribution < -0.4 is 10.5 Å². The predicted octanol–water partition coefficient (Wildman–Crippen LogP) is 2.43. The summed E-state index contributed by atoms with van der Waals surface area (Å²) in [7, 11) is 0. The van der Waals surface area contributed by atoms with Gasteiger partial charge in [-0.05, 0) is 26.3 Å². The Hall–Kier alpha value is -1.06. The molecule has 0 amide bonds. The van der Waals surface area contributed by atoms with Crippen LogP contribution in [0, 0.1) is 12.8 Å². The highest BCUT2D eigenvalue weighted by Crippen LogP contribution is 2.26. The topological polar surface area (TPSA) is 44.5 Å². The number of hydrogen-bond acceptors (Lipinski definition) is 3. The third kappa shape index (κ3) is 3.20. The zero-order chi connectivity index (χ0) is 12.3. The van der Waals surface area contributed by atoms with E-state index in [4.69, 9.17) is 15.2 Å². The number of nitrogens with two attached hydrogens (primary N) is 1. The van der Waals surface area contributed by atoms with E-state index < -0.39 is 0 Å². The Morgan fingerprint density at radius 1 is 1.53 bits per heavy atom. The summed E-state index contributed by atoms with van der Waals surface area (Å²) in [5.74, 6) is 1.44. The van der Waals surface area contributed by atoms with Crippen molar-refractivity contribution >= 4 is 0 Å². The van der Waals surface area contributed by atoms with E-state index in [1.807, 2.05) is 13.0 Å². The van der Waals surface area contributed by atoms with Gasteiger partial charge >= 0.3 is 0 Å². The second kappa shape index (κ2) is 5.52. The maximum Gasteiger partial charge on any atom is 0.124 e. The molecule has 17 heavy (non-hydrogen) atoms. The fourth-order valence-electron chi connectivity index (χ4n) is 2.08. The first-order valence-electron chi connectivity index (χ1n) is 6.23. The first-order chi connectivity index (χ1) is 8.16. The van der Waals surface area contributed by atoms with Gasteiger partial charge in [0.15, 0.2) is 0 Å². The number of rotatable bonds is 4. The molecule has 1 aliphatic rings. The highest BCUT2D eigenvalue weighted by atomic mass is 16.5. The average Bonchev–Trinajstić information content (AvgIpc) is 2.80. The van der Waals surface area contributed by atoms with Gasteiger partial charge in [0, 0.05) is 24.1 Å². The third-order valence-corrected chi connectivity index (χ3v) is 3.15. The van der Waals surface area contributed by atoms with E-state index in [0.717, 1.165) is 37.6 Å². The molecule has 2 unspecified atom stereocenters. The fraction of sp³-hybridized carbons (Fsp3) is 0.571. The minimum atomic E-state index is 0.00438. The van der Waals surface area contributed by atoms with Crippen LogP contribution in [0.1, 0.15) is 30.5 Å². The van der Waals surface area contributed by atoms with Gasteiger partial charge < -0.3 is 15.2 Å². The molecule has 1 aromatic carbocycles. The molecule has 94 valence electrons. The van der Waals surface area contributed by atoms with Gasteiger partial charge in [-0.3, -0.25) is 0 Å². The molecule has 3 heteroatoms. The van der Waals surface area contributed by atoms with Crippen molar-refractivity contribution in [1.82, 2.24) is 0 Å². The Balaban J connectivity index is 2.03. The largest absolute Gasteiger partial charge is 0.493 e. The molecule has 0 radical (unpaired) electrons. The Labute approximate surface area is 103 Å². The lowest BCUT2D eigenvalue weighted by Crippen LogP contribution is -2.14. The molecular weight excluding hydrogens is 214 g/mol. The lowest BCUT2D eigenvalue weighted by atomic mass is 10.0. The van der Waals surface area contributed by atoms with Crippen LogP contribution in [0.2, 0.25) is 0 Å². The molecule has 3 nitrogen and oxygen atoms in total. The molecular formula is C14H21NO2. The maximum atomic E-state index is 5.96. The number of aryl methyl sites for hydroxylation is 1. The van der Waals surface area contributed by atoms with Crippen molar-refractivity contribution in [3.05, 3.63) is 29.3 Å². The number of benzene rings is 1. The van der Waals surface area contributed by atoms with Gasteiger partial charge in [-0.15, -0.1) is 0 Å². The van der Waals surface area contributed by atoms with Crippen LogP contribution >= 0.6 is 0 Å². The Bertz CT molecular complexity index is 370. The molecule has 0 spiro atoms. The summed E-state index contributed by atoms with van der Waals surface area (Å²) < 4.78 is 11.2. The van der Waals surface area contributed by atoms with E-state index in [9.17, 15) is 0 Å². The molecule has 0 aromatic heterocycles. The molecule has 1 fully saturated rings. The molecule has 2 N–H and O–H groups in total. The molecule has 1 saturated heterocycles. The number of ether oxygens (including phenoxy) is 2. The van der Waals surface area contributed by atoms with E-state index in [1.165, 1.54) is 5.56 Å². The molecule has 0 bridgehead atoms. The SMILES string of the molecule is Cc1ccc(OCC2CCOC2)c(C(C)N)c1. The summed E-state index contributed by atoms with van der Waals surface area (Å²) in [5, 5.41) is 0. The van der Waals surface area contributed by atoms with Crippen molar-refractivity contribution < 1.29 is 9.47 Å². The normalized spacial score (nSPS) is 21.5. The lowest BCUT2D eigenvalue weighted by Gasteiger charge is -2.16. The minimum absolute atomic E-state index is 0.00438. The van der Waals surface area contributed by atoms with Crippen LogP contribution in [0.4, 0.5) is 0 Å². The molecule has 0 saturated carbocycles. The zero-order valence-corrected chi connectivity index (χ0v) is 10.6. The van der Waals surface area contributed by atoms with Crippen LogP contribution in [-0.2, 0) is 4.74 Å². The van der Waals surface area contributed by atoms with Gasteiger partial charge in [0.25, 0.3) is 0 Å². The molecule has 0 aliphatic carbocycles. The average molecular weight is 235 g/mol. The molecule has 2 rings (SSSR count). The van der Waals surface area contributed by atoms with Crippen molar-refractivity contribution in [1.29, 1.82) is 0 Å². The molecule has 2 atom stereocenters. The number of hydrogen-bond donors (Lipinski definition) is 1. The highest BCUT2D eigenvalue weighted by molar-refractivity contribution is 5.38. The van der Waals surface area contributed by atoms with Crippen LogP contribution in [0.25, 0.3) is 0 Å². The maximum absolute atomic E-state index is 5.96. The Morgan fingerprint density at radius 2 is 2.35 bits per heavy atom. The van der Waals surface area contributed by atoms with Crippen molar-refractivity contribution in [3.63, 3.8) is 0 Å². The van der Waals surface area contributed by atoms with Gasteiger partial charge in [-0.2, -0.15) is 0 Å². The zero-order valence-electron chi connectivity index (χ0n) is 10.6. The summed E-state index contributed by atoms with van der Waals surface area (Å²) in [5.41, 5.74) is 8.27. The summed E-state index contributed by atoms with van der Waals surface area (Å²) in [4.78, 5) is 0. The second-order valence-corrected chi connectivity index (χ2v) is 4.87. The van der Waals surface area contributed by atoms with Crippen LogP contribution in [0.5, 0.6) is 5.75 Å². The van der Waals surface area contributed by atoms with Gasteiger partial charge in [0.2, 0.25) is 0 Å². The second-order valence-electron chi connectivity index (χ2n) is 4.87. The smallest absolute Gasteiger partial charge is 0.124 e. The Morgan fingerprint density at radius 3 is 3.00 bits per heavy atom. The monoisotopic (exact) mass is 235 g/mol. The summed E-state index contributed by atoms with van der Waals surface area (Å²) in [6.45, 7) is 6.46. The van der Waals surface area contributed by atoms with Crippen molar-refractivity contribution in [2.45, 2.75) is 26.3 Å². The van der Waals surface area contributed by atoms with Crippen molar-refractivity contribution in [3.8, 4) is 5.75 Å². The first-order valence-corrected chi connectivity index (χ1v) is 6.23. The van der Waals surface area contributed by atoms with Crippen molar-refractivity contribution in [2.75, 3.05) is 19.8 Å². The first kappa shape index (κ1) is 12.4. The van der Waals surface area contributed by atoms with Gasteiger partial charge in [-0.25, -0.2) is 0 Å². The van der Waals surface area contributed by atoms with E-state index in [1.54, 1.807) is 0 Å². The van der Waals surface area contributed by atoms with Gasteiger partial charge in [-0.1, -0.05) is 17.7 Å². The standard InChI is InChI=1S/C14H21NO2/c1-10-3-4-14(13(7-10)11(2)15)17-9-12-5-6-16-8-12/h3-4,7,11-12H,5-6,8-9,15H2,1-2H3. The quantitative estimate of drug-likeness (QED) is 0.871. The van der Waals surface area contributed by atoms with E-state index in [2.05, 4.69) is 19.1 Å². The lowest BCUT2D eigenvalue weighted by molar-refractivity contribution is 0.166. The molecule has 1 aliphatic heterocycles. The predicted molar refractivity (Wildman–Crippen MR) is 68.2 cm³/mol. The van der Waals surface area contributed by atoms with Crippen LogP contribution in [-0.4, -0.2) is 19.8 Å². The van der Waals surface area contributed by atoms with Gasteiger partial charge in [0.1, 0.15) is 5.75 Å².